The summed E-state index contributed by atoms with van der Waals surface area (Å²) in [6, 6.07) is -0.873. The molecule has 0 aromatic carbocycles. The Morgan fingerprint density at radius 1 is 0.514 bits per heavy atom. The summed E-state index contributed by atoms with van der Waals surface area (Å²) in [5, 5.41) is 3.02. The molecule has 2 N–H and O–H groups in total. The van der Waals surface area contributed by atoms with E-state index in [9.17, 15) is 19.0 Å². The van der Waals surface area contributed by atoms with Crippen LogP contribution >= 0.6 is 7.82 Å². The monoisotopic (exact) mass is 998 g/mol. The molecular weight excluding hydrogens is 892 g/mol. The number of unbranched alkanes of at least 4 members (excludes halogenated alkanes) is 19. The SMILES string of the molecule is CC/C=C\C/C=C\C/C=C\C/C=C\C/C=C\CCCCCC(=O)NC(COP(=O)(O)OCC[N+](C)(C)C)C(/C=C\CCCCCCCCCCC)OC(=O)CCCCCCCCC/C=C/C/C=C/CC. The van der Waals surface area contributed by atoms with Crippen molar-refractivity contribution in [3.63, 3.8) is 0 Å². The number of hydrogen-bond donors (Lipinski definition) is 2. The van der Waals surface area contributed by atoms with E-state index in [-0.39, 0.29) is 37.9 Å². The summed E-state index contributed by atoms with van der Waals surface area (Å²) in [7, 11) is 1.45. The van der Waals surface area contributed by atoms with Crippen molar-refractivity contribution in [2.45, 2.75) is 232 Å². The summed E-state index contributed by atoms with van der Waals surface area (Å²) in [6.45, 7) is 6.73. The lowest BCUT2D eigenvalue weighted by atomic mass is 10.1. The highest BCUT2D eigenvalue weighted by Crippen LogP contribution is 2.43. The molecule has 0 fully saturated rings. The quantitative estimate of drug-likeness (QED) is 0.0205. The van der Waals surface area contributed by atoms with Crippen LogP contribution in [0.2, 0.25) is 0 Å². The number of hydrogen-bond acceptors (Lipinski definition) is 6. The molecule has 0 aromatic heterocycles. The summed E-state index contributed by atoms with van der Waals surface area (Å²) in [5.74, 6) is -0.560. The Labute approximate surface area is 430 Å². The van der Waals surface area contributed by atoms with Crippen molar-refractivity contribution in [2.75, 3.05) is 40.9 Å². The zero-order valence-electron chi connectivity index (χ0n) is 45.7. The van der Waals surface area contributed by atoms with Gasteiger partial charge in [0.15, 0.2) is 0 Å². The molecule has 0 radical (unpaired) electrons. The Hall–Kier alpha value is -3.07. The molecule has 0 saturated heterocycles. The molecule has 0 spiro atoms. The van der Waals surface area contributed by atoms with Gasteiger partial charge in [0.1, 0.15) is 19.3 Å². The van der Waals surface area contributed by atoms with Crippen LogP contribution in [0.15, 0.2) is 97.2 Å². The Balaban J connectivity index is 5.40. The van der Waals surface area contributed by atoms with Gasteiger partial charge in [0, 0.05) is 12.8 Å². The summed E-state index contributed by atoms with van der Waals surface area (Å²) in [6.07, 6.45) is 65.5. The first-order valence-corrected chi connectivity index (χ1v) is 29.6. The molecule has 402 valence electrons. The first-order chi connectivity index (χ1) is 33.9. The van der Waals surface area contributed by atoms with Gasteiger partial charge in [-0.25, -0.2) is 4.57 Å². The van der Waals surface area contributed by atoms with Gasteiger partial charge in [-0.15, -0.1) is 0 Å². The van der Waals surface area contributed by atoms with Crippen LogP contribution in [0.1, 0.15) is 220 Å². The molecular formula is C60H106N2O7P+. The number of phosphoric ester groups is 1. The zero-order chi connectivity index (χ0) is 51.5. The van der Waals surface area contributed by atoms with Crippen molar-refractivity contribution >= 4 is 19.7 Å². The van der Waals surface area contributed by atoms with Gasteiger partial charge in [-0.2, -0.15) is 0 Å². The van der Waals surface area contributed by atoms with Crippen molar-refractivity contribution < 1.29 is 37.3 Å². The maximum atomic E-state index is 13.5. The minimum atomic E-state index is -4.46. The third-order valence-electron chi connectivity index (χ3n) is 11.8. The minimum Gasteiger partial charge on any atom is -0.456 e. The largest absolute Gasteiger partial charge is 0.472 e. The maximum Gasteiger partial charge on any atom is 0.472 e. The lowest BCUT2D eigenvalue weighted by Crippen LogP contribution is -2.47. The topological polar surface area (TPSA) is 111 Å². The predicted octanol–water partition coefficient (Wildman–Crippen LogP) is 16.8. The van der Waals surface area contributed by atoms with Gasteiger partial charge >= 0.3 is 13.8 Å². The molecule has 10 heteroatoms. The zero-order valence-corrected chi connectivity index (χ0v) is 46.6. The van der Waals surface area contributed by atoms with Crippen LogP contribution in [-0.4, -0.2) is 74.3 Å². The summed E-state index contributed by atoms with van der Waals surface area (Å²) >= 11 is 0. The van der Waals surface area contributed by atoms with Gasteiger partial charge in [0.05, 0.1) is 33.8 Å². The fraction of sp³-hybridized carbons (Fsp3) is 0.700. The van der Waals surface area contributed by atoms with Crippen molar-refractivity contribution in [3.8, 4) is 0 Å². The van der Waals surface area contributed by atoms with E-state index in [0.717, 1.165) is 116 Å². The second-order valence-electron chi connectivity index (χ2n) is 19.7. The smallest absolute Gasteiger partial charge is 0.456 e. The summed E-state index contributed by atoms with van der Waals surface area (Å²) in [5.41, 5.74) is 0. The fourth-order valence-electron chi connectivity index (χ4n) is 7.47. The van der Waals surface area contributed by atoms with Gasteiger partial charge in [0.2, 0.25) is 5.91 Å². The van der Waals surface area contributed by atoms with Crippen molar-refractivity contribution in [2.24, 2.45) is 0 Å². The van der Waals surface area contributed by atoms with Gasteiger partial charge in [-0.1, -0.05) is 202 Å². The number of nitrogens with one attached hydrogen (secondary N) is 1. The molecule has 0 aromatic rings. The van der Waals surface area contributed by atoms with E-state index >= 15 is 0 Å². The van der Waals surface area contributed by atoms with Crippen molar-refractivity contribution in [3.05, 3.63) is 97.2 Å². The lowest BCUT2D eigenvalue weighted by molar-refractivity contribution is -0.870. The molecule has 0 bridgehead atoms. The molecule has 70 heavy (non-hydrogen) atoms. The van der Waals surface area contributed by atoms with Crippen LogP contribution in [0, 0.1) is 0 Å². The molecule has 0 rings (SSSR count). The van der Waals surface area contributed by atoms with Crippen LogP contribution in [0.4, 0.5) is 0 Å². The van der Waals surface area contributed by atoms with Gasteiger partial charge in [-0.3, -0.25) is 18.6 Å². The number of nitrogens with zero attached hydrogens (tertiary/aromatic N) is 1. The fourth-order valence-corrected chi connectivity index (χ4v) is 8.21. The molecule has 3 unspecified atom stereocenters. The molecule has 0 aliphatic heterocycles. The maximum absolute atomic E-state index is 13.5. The van der Waals surface area contributed by atoms with Crippen LogP contribution in [0.5, 0.6) is 0 Å². The van der Waals surface area contributed by atoms with Gasteiger partial charge in [0.25, 0.3) is 0 Å². The van der Waals surface area contributed by atoms with Gasteiger partial charge < -0.3 is 19.4 Å². The Kier molecular flexibility index (Phi) is 47.3. The lowest BCUT2D eigenvalue weighted by Gasteiger charge is -2.27. The normalized spacial score (nSPS) is 14.6. The third-order valence-corrected chi connectivity index (χ3v) is 12.8. The van der Waals surface area contributed by atoms with Crippen LogP contribution in [-0.2, 0) is 27.9 Å². The second-order valence-corrected chi connectivity index (χ2v) is 21.1. The highest BCUT2D eigenvalue weighted by atomic mass is 31.2. The number of amides is 1. The van der Waals surface area contributed by atoms with E-state index in [1.807, 2.05) is 33.3 Å². The summed E-state index contributed by atoms with van der Waals surface area (Å²) in [4.78, 5) is 37.5. The highest BCUT2D eigenvalue weighted by Gasteiger charge is 2.30. The third kappa shape index (κ3) is 49.9. The summed E-state index contributed by atoms with van der Waals surface area (Å²) < 4.78 is 30.5. The predicted molar refractivity (Wildman–Crippen MR) is 300 cm³/mol. The van der Waals surface area contributed by atoms with Crippen LogP contribution in [0.3, 0.4) is 0 Å². The molecule has 1 amide bonds. The molecule has 0 aliphatic carbocycles. The number of phosphoric acid groups is 1. The number of allylic oxidation sites excluding steroid dienone is 15. The number of likely N-dealkylation sites (N-methyl/N-ethyl adjacent to an activating group) is 1. The average Bonchev–Trinajstić information content (AvgIpc) is 3.32. The first kappa shape index (κ1) is 66.9. The van der Waals surface area contributed by atoms with E-state index in [2.05, 4.69) is 111 Å². The average molecular weight is 998 g/mol. The molecule has 0 saturated carbocycles. The first-order valence-electron chi connectivity index (χ1n) is 28.1. The molecule has 9 nitrogen and oxygen atoms in total. The Morgan fingerprint density at radius 3 is 1.39 bits per heavy atom. The van der Waals surface area contributed by atoms with E-state index in [4.69, 9.17) is 13.8 Å². The second kappa shape index (κ2) is 49.5. The Bertz CT molecular complexity index is 1520. The Morgan fingerprint density at radius 2 is 0.914 bits per heavy atom. The standard InChI is InChI=1S/C60H105N2O7P/c1-7-10-13-16-19-22-25-27-29-30-31-32-33-34-37-40-43-46-49-52-59(63)61-57(56-68-70(65,66)67-55-54-62(4,5)6)58(51-48-45-42-39-36-24-21-18-15-12-9-3)69-60(64)53-50-47-44-41-38-35-28-26-23-20-17-14-11-8-2/h10-11,13-14,19-20,22-23,27,29,31-32,34,37,48,51,57-58H,7-9,12,15-18,21,24-26,28,30,33,35-36,38-47,49-50,52-56H2,1-6H3,(H-,61,63,65,66)/p+1/b13-10-,14-11+,22-19-,23-20+,29-27-,32-31-,37-34-,51-48-. The van der Waals surface area contributed by atoms with Crippen LogP contribution in [0.25, 0.3) is 0 Å². The number of esters is 1. The number of carbonyl (C=O) groups is 2. The molecule has 3 atom stereocenters. The van der Waals surface area contributed by atoms with Crippen molar-refractivity contribution in [1.82, 2.24) is 5.32 Å². The van der Waals surface area contributed by atoms with E-state index in [1.54, 1.807) is 0 Å². The van der Waals surface area contributed by atoms with E-state index < -0.39 is 20.0 Å². The van der Waals surface area contributed by atoms with Crippen molar-refractivity contribution in [1.29, 1.82) is 0 Å². The number of ether oxygens (including phenoxy) is 1. The molecule has 0 aliphatic rings. The highest BCUT2D eigenvalue weighted by molar-refractivity contribution is 7.47. The number of rotatable bonds is 49. The van der Waals surface area contributed by atoms with Gasteiger partial charge in [-0.05, 0) is 102 Å². The van der Waals surface area contributed by atoms with E-state index in [0.29, 0.717) is 17.4 Å². The number of carbonyl (C=O) groups excluding carboxylic acids is 2. The minimum absolute atomic E-state index is 0.0273. The number of quaternary nitrogens is 1. The van der Waals surface area contributed by atoms with Crippen LogP contribution < -0.4 is 5.32 Å². The molecule has 0 heterocycles. The van der Waals surface area contributed by atoms with E-state index in [1.165, 1.54) is 64.2 Å².